The third-order valence-corrected chi connectivity index (χ3v) is 6.99. The third kappa shape index (κ3) is 3.94. The Morgan fingerprint density at radius 2 is 1.97 bits per heavy atom. The highest BCUT2D eigenvalue weighted by Gasteiger charge is 2.45. The molecule has 1 aliphatic carbocycles. The number of alkyl halides is 3. The van der Waals surface area contributed by atoms with Crippen LogP contribution in [0, 0.1) is 26.9 Å². The van der Waals surface area contributed by atoms with E-state index in [9.17, 15) is 33.3 Å². The summed E-state index contributed by atoms with van der Waals surface area (Å²) in [6, 6.07) is 9.30. The Labute approximate surface area is 196 Å². The molecule has 1 atom stereocenters. The summed E-state index contributed by atoms with van der Waals surface area (Å²) in [4.78, 5) is 25.8. The van der Waals surface area contributed by atoms with Gasteiger partial charge < -0.3 is 5.73 Å². The second-order valence-corrected chi connectivity index (χ2v) is 10.1. The van der Waals surface area contributed by atoms with Gasteiger partial charge in [-0.3, -0.25) is 19.8 Å². The molecular weight excluding hydrogens is 469 g/mol. The lowest BCUT2D eigenvalue weighted by Gasteiger charge is -2.43. The van der Waals surface area contributed by atoms with E-state index in [2.05, 4.69) is 0 Å². The molecule has 11 heteroatoms. The number of benzene rings is 1. The van der Waals surface area contributed by atoms with Crippen LogP contribution in [-0.4, -0.2) is 10.7 Å². The van der Waals surface area contributed by atoms with E-state index in [4.69, 9.17) is 5.73 Å². The topological polar surface area (TPSA) is 113 Å². The van der Waals surface area contributed by atoms with Gasteiger partial charge >= 0.3 is 11.2 Å². The zero-order valence-corrected chi connectivity index (χ0v) is 19.0. The second-order valence-electron chi connectivity index (χ2n) is 8.96. The lowest BCUT2D eigenvalue weighted by atomic mass is 9.69. The molecule has 2 aromatic rings. The highest BCUT2D eigenvalue weighted by atomic mass is 32.1. The molecule has 0 radical (unpaired) electrons. The smallest absolute Gasteiger partial charge is 0.384 e. The van der Waals surface area contributed by atoms with E-state index in [0.29, 0.717) is 17.0 Å². The number of carbonyl (C=O) groups excluding carboxylic acids is 1. The van der Waals surface area contributed by atoms with Crippen LogP contribution in [0.1, 0.15) is 43.0 Å². The van der Waals surface area contributed by atoms with Gasteiger partial charge in [0.2, 0.25) is 0 Å². The Hall–Kier alpha value is -3.65. The molecule has 2 heterocycles. The molecule has 0 spiro atoms. The number of allylic oxidation sites excluding steroid dienone is 3. The van der Waals surface area contributed by atoms with Gasteiger partial charge in [0.05, 0.1) is 28.0 Å². The van der Waals surface area contributed by atoms with Gasteiger partial charge in [-0.15, -0.1) is 0 Å². The number of nitro groups is 1. The third-order valence-electron chi connectivity index (χ3n) is 5.89. The first-order valence-electron chi connectivity index (χ1n) is 10.2. The standard InChI is InChI=1S/C23H19F3N4O3S/c1-22(2)9-15-20(16(31)10-22)19(17-6-7-18(34-17)30(32)33)14(11-27)21(28)29(15)13-5-3-4-12(8-13)23(24,25)26/h3-8,19H,9-10,28H2,1-2H3/t19-/m1/s1. The normalized spacial score (nSPS) is 20.3. The molecule has 0 bridgehead atoms. The Kier molecular flexibility index (Phi) is 5.52. The number of carbonyl (C=O) groups is 1. The zero-order chi connectivity index (χ0) is 25.0. The van der Waals surface area contributed by atoms with Crippen LogP contribution in [-0.2, 0) is 11.0 Å². The minimum atomic E-state index is -4.60. The maximum atomic E-state index is 13.4. The maximum absolute atomic E-state index is 13.4. The van der Waals surface area contributed by atoms with E-state index >= 15 is 0 Å². The first-order valence-corrected chi connectivity index (χ1v) is 11.0. The molecule has 1 aromatic carbocycles. The number of rotatable bonds is 3. The Bertz CT molecular complexity index is 1320. The van der Waals surface area contributed by atoms with Crippen molar-refractivity contribution >= 4 is 27.8 Å². The summed E-state index contributed by atoms with van der Waals surface area (Å²) in [6.07, 6.45) is -4.13. The monoisotopic (exact) mass is 488 g/mol. The van der Waals surface area contributed by atoms with Crippen molar-refractivity contribution in [2.75, 3.05) is 4.90 Å². The van der Waals surface area contributed by atoms with Crippen molar-refractivity contribution in [3.8, 4) is 6.07 Å². The first-order chi connectivity index (χ1) is 15.8. The predicted molar refractivity (Wildman–Crippen MR) is 120 cm³/mol. The van der Waals surface area contributed by atoms with Crippen molar-refractivity contribution in [1.29, 1.82) is 5.26 Å². The number of thiophene rings is 1. The molecule has 176 valence electrons. The van der Waals surface area contributed by atoms with Crippen LogP contribution in [0.4, 0.5) is 23.9 Å². The summed E-state index contributed by atoms with van der Waals surface area (Å²) in [7, 11) is 0. The average Bonchev–Trinajstić information content (AvgIpc) is 3.22. The van der Waals surface area contributed by atoms with Crippen molar-refractivity contribution in [3.63, 3.8) is 0 Å². The number of nitrogens with two attached hydrogens (primary N) is 1. The van der Waals surface area contributed by atoms with Gasteiger partial charge in [0.1, 0.15) is 5.82 Å². The van der Waals surface area contributed by atoms with Gasteiger partial charge in [-0.05, 0) is 36.1 Å². The highest BCUT2D eigenvalue weighted by Crippen LogP contribution is 2.51. The summed E-state index contributed by atoms with van der Waals surface area (Å²) < 4.78 is 40.2. The van der Waals surface area contributed by atoms with Crippen LogP contribution in [0.15, 0.2) is 59.1 Å². The molecule has 7 nitrogen and oxygen atoms in total. The van der Waals surface area contributed by atoms with Crippen LogP contribution < -0.4 is 10.6 Å². The number of nitrogens with zero attached hydrogens (tertiary/aromatic N) is 3. The van der Waals surface area contributed by atoms with Crippen LogP contribution in [0.5, 0.6) is 0 Å². The molecular formula is C23H19F3N4O3S. The summed E-state index contributed by atoms with van der Waals surface area (Å²) in [5.41, 5.74) is 5.66. The first kappa shape index (κ1) is 23.5. The fourth-order valence-electron chi connectivity index (χ4n) is 4.51. The Morgan fingerprint density at radius 3 is 2.56 bits per heavy atom. The van der Waals surface area contributed by atoms with Crippen LogP contribution in [0.3, 0.4) is 0 Å². The van der Waals surface area contributed by atoms with E-state index in [0.717, 1.165) is 23.5 Å². The second kappa shape index (κ2) is 7.99. The van der Waals surface area contributed by atoms with Gasteiger partial charge in [-0.2, -0.15) is 18.4 Å². The summed E-state index contributed by atoms with van der Waals surface area (Å²) >= 11 is 0.836. The molecule has 0 saturated carbocycles. The minimum Gasteiger partial charge on any atom is -0.384 e. The van der Waals surface area contributed by atoms with Gasteiger partial charge in [-0.1, -0.05) is 31.3 Å². The lowest BCUT2D eigenvalue weighted by Crippen LogP contribution is -2.42. The quantitative estimate of drug-likeness (QED) is 0.443. The zero-order valence-electron chi connectivity index (χ0n) is 18.1. The number of Topliss-reactive ketones (excluding diaryl/α,β-unsaturated/α-hetero) is 1. The summed E-state index contributed by atoms with van der Waals surface area (Å²) in [5, 5.41) is 21.1. The summed E-state index contributed by atoms with van der Waals surface area (Å²) in [6.45, 7) is 3.73. The molecule has 2 aliphatic rings. The number of hydrogen-bond donors (Lipinski definition) is 1. The Balaban J connectivity index is 1.98. The molecule has 1 aliphatic heterocycles. The van der Waals surface area contributed by atoms with E-state index in [1.807, 2.05) is 19.9 Å². The molecule has 4 rings (SSSR count). The van der Waals surface area contributed by atoms with Crippen molar-refractivity contribution in [1.82, 2.24) is 0 Å². The number of hydrogen-bond acceptors (Lipinski definition) is 7. The van der Waals surface area contributed by atoms with Gasteiger partial charge in [0, 0.05) is 34.3 Å². The van der Waals surface area contributed by atoms with Gasteiger partial charge in [0.25, 0.3) is 0 Å². The maximum Gasteiger partial charge on any atom is 0.416 e. The van der Waals surface area contributed by atoms with Crippen molar-refractivity contribution in [2.24, 2.45) is 11.1 Å². The van der Waals surface area contributed by atoms with Gasteiger partial charge in [0.15, 0.2) is 5.78 Å². The van der Waals surface area contributed by atoms with Crippen LogP contribution in [0.25, 0.3) is 0 Å². The molecule has 0 fully saturated rings. The van der Waals surface area contributed by atoms with E-state index in [1.54, 1.807) is 0 Å². The largest absolute Gasteiger partial charge is 0.416 e. The number of anilines is 1. The molecule has 2 N–H and O–H groups in total. The predicted octanol–water partition coefficient (Wildman–Crippen LogP) is 5.62. The van der Waals surface area contributed by atoms with E-state index < -0.39 is 28.0 Å². The number of ketones is 1. The number of halogens is 3. The molecule has 0 unspecified atom stereocenters. The van der Waals surface area contributed by atoms with Crippen molar-refractivity contribution < 1.29 is 22.9 Å². The molecule has 34 heavy (non-hydrogen) atoms. The van der Waals surface area contributed by atoms with Crippen molar-refractivity contribution in [3.05, 3.63) is 79.6 Å². The van der Waals surface area contributed by atoms with Gasteiger partial charge in [-0.25, -0.2) is 0 Å². The van der Waals surface area contributed by atoms with E-state index in [-0.39, 0.29) is 39.9 Å². The number of nitriles is 1. The van der Waals surface area contributed by atoms with Crippen LogP contribution in [0.2, 0.25) is 0 Å². The average molecular weight is 488 g/mol. The summed E-state index contributed by atoms with van der Waals surface area (Å²) in [5.74, 6) is -1.30. The fourth-order valence-corrected chi connectivity index (χ4v) is 5.45. The molecule has 0 amide bonds. The molecule has 1 aromatic heterocycles. The minimum absolute atomic E-state index is 0.0408. The highest BCUT2D eigenvalue weighted by molar-refractivity contribution is 7.15. The fraction of sp³-hybridized carbons (Fsp3) is 0.304. The van der Waals surface area contributed by atoms with E-state index in [1.165, 1.54) is 29.2 Å². The lowest BCUT2D eigenvalue weighted by molar-refractivity contribution is -0.380. The van der Waals surface area contributed by atoms with Crippen molar-refractivity contribution in [2.45, 2.75) is 38.8 Å². The molecule has 0 saturated heterocycles. The SMILES string of the molecule is CC1(C)CC(=O)C2=C(C1)N(c1cccc(C(F)(F)F)c1)C(N)=C(C#N)[C@@H]2c1ccc([N+](=O)[O-])s1. The van der Waals surface area contributed by atoms with Crippen LogP contribution >= 0.6 is 11.3 Å². The Morgan fingerprint density at radius 1 is 1.26 bits per heavy atom.